The fraction of sp³-hybridized carbons (Fsp3) is 0.538. The monoisotopic (exact) mass is 294 g/mol. The molecule has 0 aliphatic carbocycles. The Labute approximate surface area is 114 Å². The number of fused-ring (bicyclic) bond motifs is 1. The molecule has 106 valence electrons. The van der Waals surface area contributed by atoms with Crippen LogP contribution in [0.2, 0.25) is 5.02 Å². The summed E-state index contributed by atoms with van der Waals surface area (Å²) >= 11 is 5.94. The first-order chi connectivity index (χ1) is 8.85. The first kappa shape index (κ1) is 14.5. The number of ether oxygens (including phenoxy) is 1. The maximum absolute atomic E-state index is 12.1. The zero-order valence-electron chi connectivity index (χ0n) is 10.1. The predicted molar refractivity (Wildman–Crippen MR) is 65.7 cm³/mol. The van der Waals surface area contributed by atoms with Gasteiger partial charge in [-0.15, -0.1) is 0 Å². The van der Waals surface area contributed by atoms with E-state index >= 15 is 0 Å². The van der Waals surface area contributed by atoms with Crippen molar-refractivity contribution < 1.29 is 23.0 Å². The summed E-state index contributed by atoms with van der Waals surface area (Å²) in [6.07, 6.45) is -5.73. The molecule has 1 unspecified atom stereocenters. The molecule has 2 nitrogen and oxygen atoms in total. The van der Waals surface area contributed by atoms with Gasteiger partial charge in [0.1, 0.15) is 5.75 Å². The van der Waals surface area contributed by atoms with Gasteiger partial charge in [0, 0.05) is 24.3 Å². The molecule has 1 N–H and O–H groups in total. The van der Waals surface area contributed by atoms with Crippen LogP contribution >= 0.6 is 11.6 Å². The third-order valence-corrected chi connectivity index (χ3v) is 3.26. The van der Waals surface area contributed by atoms with Crippen molar-refractivity contribution in [3.8, 4) is 5.75 Å². The van der Waals surface area contributed by atoms with E-state index in [1.165, 1.54) is 0 Å². The summed E-state index contributed by atoms with van der Waals surface area (Å²) < 4.78 is 41.7. The summed E-state index contributed by atoms with van der Waals surface area (Å²) in [6.45, 7) is 0.543. The molecule has 0 radical (unpaired) electrons. The minimum Gasteiger partial charge on any atom is -0.493 e. The SMILES string of the molecule is OC(CCC(F)(F)F)Cc1cc(Cl)cc2c1OCC2. The zero-order valence-corrected chi connectivity index (χ0v) is 10.9. The summed E-state index contributed by atoms with van der Waals surface area (Å²) in [4.78, 5) is 0. The molecule has 1 aliphatic heterocycles. The van der Waals surface area contributed by atoms with Crippen molar-refractivity contribution in [2.45, 2.75) is 38.0 Å². The smallest absolute Gasteiger partial charge is 0.389 e. The molecular formula is C13H14ClF3O2. The van der Waals surface area contributed by atoms with E-state index in [1.807, 2.05) is 0 Å². The lowest BCUT2D eigenvalue weighted by Crippen LogP contribution is -2.16. The van der Waals surface area contributed by atoms with E-state index in [0.717, 1.165) is 12.0 Å². The number of hydrogen-bond donors (Lipinski definition) is 1. The summed E-state index contributed by atoms with van der Waals surface area (Å²) in [5, 5.41) is 10.2. The van der Waals surface area contributed by atoms with Crippen LogP contribution in [0.15, 0.2) is 12.1 Å². The average Bonchev–Trinajstić information content (AvgIpc) is 2.73. The second-order valence-corrected chi connectivity index (χ2v) is 5.10. The highest BCUT2D eigenvalue weighted by Gasteiger charge is 2.28. The Bertz CT molecular complexity index is 460. The number of halogens is 4. The Morgan fingerprint density at radius 3 is 2.79 bits per heavy atom. The normalized spacial score (nSPS) is 16.1. The van der Waals surface area contributed by atoms with E-state index in [9.17, 15) is 18.3 Å². The van der Waals surface area contributed by atoms with Crippen molar-refractivity contribution in [1.82, 2.24) is 0 Å². The molecule has 19 heavy (non-hydrogen) atoms. The maximum atomic E-state index is 12.1. The highest BCUT2D eigenvalue weighted by Crippen LogP contribution is 2.34. The molecule has 1 heterocycles. The Kier molecular flexibility index (Phi) is 4.26. The summed E-state index contributed by atoms with van der Waals surface area (Å²) in [7, 11) is 0. The third-order valence-electron chi connectivity index (χ3n) is 3.04. The van der Waals surface area contributed by atoms with Gasteiger partial charge in [0.05, 0.1) is 12.7 Å². The molecule has 1 aromatic rings. The van der Waals surface area contributed by atoms with Gasteiger partial charge in [-0.05, 0) is 29.7 Å². The summed E-state index contributed by atoms with van der Waals surface area (Å²) in [5.41, 5.74) is 1.63. The van der Waals surface area contributed by atoms with Gasteiger partial charge in [0.15, 0.2) is 0 Å². The van der Waals surface area contributed by atoms with Crippen LogP contribution in [0.5, 0.6) is 5.75 Å². The Balaban J connectivity index is 2.03. The number of benzene rings is 1. The van der Waals surface area contributed by atoms with E-state index < -0.39 is 18.7 Å². The molecular weight excluding hydrogens is 281 g/mol. The van der Waals surface area contributed by atoms with E-state index in [-0.39, 0.29) is 12.8 Å². The molecule has 0 saturated carbocycles. The number of aliphatic hydroxyl groups excluding tert-OH is 1. The van der Waals surface area contributed by atoms with Crippen molar-refractivity contribution in [2.75, 3.05) is 6.61 Å². The molecule has 1 aliphatic rings. The molecule has 0 spiro atoms. The van der Waals surface area contributed by atoms with Crippen LogP contribution in [-0.2, 0) is 12.8 Å². The highest BCUT2D eigenvalue weighted by molar-refractivity contribution is 6.30. The van der Waals surface area contributed by atoms with Gasteiger partial charge >= 0.3 is 6.18 Å². The number of hydrogen-bond acceptors (Lipinski definition) is 2. The molecule has 1 aromatic carbocycles. The molecule has 6 heteroatoms. The quantitative estimate of drug-likeness (QED) is 0.920. The van der Waals surface area contributed by atoms with Gasteiger partial charge in [-0.3, -0.25) is 0 Å². The lowest BCUT2D eigenvalue weighted by molar-refractivity contribution is -0.139. The fourth-order valence-corrected chi connectivity index (χ4v) is 2.45. The lowest BCUT2D eigenvalue weighted by atomic mass is 10.0. The first-order valence-electron chi connectivity index (χ1n) is 6.04. The molecule has 0 fully saturated rings. The largest absolute Gasteiger partial charge is 0.493 e. The minimum atomic E-state index is -4.24. The van der Waals surface area contributed by atoms with Gasteiger partial charge in [-0.1, -0.05) is 11.6 Å². The molecule has 0 bridgehead atoms. The Morgan fingerprint density at radius 2 is 2.11 bits per heavy atom. The van der Waals surface area contributed by atoms with E-state index in [4.69, 9.17) is 16.3 Å². The maximum Gasteiger partial charge on any atom is 0.389 e. The highest BCUT2D eigenvalue weighted by atomic mass is 35.5. The Hall–Kier alpha value is -0.940. The second kappa shape index (κ2) is 5.59. The molecule has 2 rings (SSSR count). The van der Waals surface area contributed by atoms with Crippen molar-refractivity contribution in [1.29, 1.82) is 0 Å². The molecule has 0 aromatic heterocycles. The van der Waals surface area contributed by atoms with E-state index in [2.05, 4.69) is 0 Å². The summed E-state index contributed by atoms with van der Waals surface area (Å²) in [5.74, 6) is 0.662. The van der Waals surface area contributed by atoms with Gasteiger partial charge in [-0.25, -0.2) is 0 Å². The topological polar surface area (TPSA) is 29.5 Å². The molecule has 1 atom stereocenters. The zero-order chi connectivity index (χ0) is 14.0. The van der Waals surface area contributed by atoms with Gasteiger partial charge in [-0.2, -0.15) is 13.2 Å². The second-order valence-electron chi connectivity index (χ2n) is 4.66. The minimum absolute atomic E-state index is 0.124. The van der Waals surface area contributed by atoms with Gasteiger partial charge < -0.3 is 9.84 Å². The summed E-state index contributed by atoms with van der Waals surface area (Å²) in [6, 6.07) is 3.43. The van der Waals surface area contributed by atoms with Gasteiger partial charge in [0.2, 0.25) is 0 Å². The first-order valence-corrected chi connectivity index (χ1v) is 6.42. The fourth-order valence-electron chi connectivity index (χ4n) is 2.18. The predicted octanol–water partition coefficient (Wildman–Crippen LogP) is 3.52. The van der Waals surface area contributed by atoms with Crippen molar-refractivity contribution in [3.63, 3.8) is 0 Å². The number of alkyl halides is 3. The van der Waals surface area contributed by atoms with Crippen molar-refractivity contribution >= 4 is 11.6 Å². The lowest BCUT2D eigenvalue weighted by Gasteiger charge is -2.14. The number of rotatable bonds is 4. The van der Waals surface area contributed by atoms with Crippen LogP contribution in [-0.4, -0.2) is 24.0 Å². The van der Waals surface area contributed by atoms with Crippen molar-refractivity contribution in [2.24, 2.45) is 0 Å². The van der Waals surface area contributed by atoms with E-state index in [0.29, 0.717) is 22.9 Å². The molecule has 0 amide bonds. The third kappa shape index (κ3) is 4.01. The Morgan fingerprint density at radius 1 is 1.37 bits per heavy atom. The van der Waals surface area contributed by atoms with Crippen LogP contribution in [0.25, 0.3) is 0 Å². The van der Waals surface area contributed by atoms with Crippen LogP contribution in [0.1, 0.15) is 24.0 Å². The van der Waals surface area contributed by atoms with Crippen molar-refractivity contribution in [3.05, 3.63) is 28.3 Å². The average molecular weight is 295 g/mol. The van der Waals surface area contributed by atoms with Crippen LogP contribution in [0, 0.1) is 0 Å². The van der Waals surface area contributed by atoms with Gasteiger partial charge in [0.25, 0.3) is 0 Å². The number of aliphatic hydroxyl groups is 1. The van der Waals surface area contributed by atoms with E-state index in [1.54, 1.807) is 12.1 Å². The van der Waals surface area contributed by atoms with Crippen LogP contribution in [0.4, 0.5) is 13.2 Å². The van der Waals surface area contributed by atoms with Crippen LogP contribution < -0.4 is 4.74 Å². The molecule has 0 saturated heterocycles. The standard InChI is InChI=1S/C13H14ClF3O2/c14-10-5-8-2-4-19-12(8)9(6-10)7-11(18)1-3-13(15,16)17/h5-6,11,18H,1-4,7H2. The van der Waals surface area contributed by atoms with Crippen LogP contribution in [0.3, 0.4) is 0 Å².